The summed E-state index contributed by atoms with van der Waals surface area (Å²) < 4.78 is 0. The third-order valence-corrected chi connectivity index (χ3v) is 3.30. The van der Waals surface area contributed by atoms with Crippen LogP contribution in [0.15, 0.2) is 18.3 Å². The van der Waals surface area contributed by atoms with Crippen molar-refractivity contribution in [3.05, 3.63) is 18.3 Å². The highest BCUT2D eigenvalue weighted by atomic mass is 15.3. The zero-order valence-corrected chi connectivity index (χ0v) is 10.1. The lowest BCUT2D eigenvalue weighted by atomic mass is 10.1. The first-order valence-corrected chi connectivity index (χ1v) is 5.91. The van der Waals surface area contributed by atoms with E-state index < -0.39 is 0 Å². The Hall–Kier alpha value is -1.29. The van der Waals surface area contributed by atoms with Gasteiger partial charge >= 0.3 is 0 Å². The first kappa shape index (κ1) is 11.2. The van der Waals surface area contributed by atoms with Crippen LogP contribution >= 0.6 is 0 Å². The molecule has 2 rings (SSSR count). The minimum absolute atomic E-state index is 0.600. The molecule has 4 heteroatoms. The van der Waals surface area contributed by atoms with Gasteiger partial charge in [-0.15, -0.1) is 0 Å². The van der Waals surface area contributed by atoms with E-state index in [0.717, 1.165) is 26.2 Å². The highest BCUT2D eigenvalue weighted by Crippen LogP contribution is 2.19. The van der Waals surface area contributed by atoms with Crippen molar-refractivity contribution in [1.29, 1.82) is 0 Å². The predicted octanol–water partition coefficient (Wildman–Crippen LogP) is 1.19. The molecule has 0 radical (unpaired) electrons. The van der Waals surface area contributed by atoms with Crippen LogP contribution < -0.4 is 10.6 Å². The number of aromatic nitrogens is 1. The maximum absolute atomic E-state index is 5.71. The zero-order valence-electron chi connectivity index (χ0n) is 10.1. The van der Waals surface area contributed by atoms with Crippen molar-refractivity contribution in [3.63, 3.8) is 0 Å². The van der Waals surface area contributed by atoms with Crippen molar-refractivity contribution in [2.45, 2.75) is 19.9 Å². The van der Waals surface area contributed by atoms with E-state index in [2.05, 4.69) is 28.6 Å². The SMILES string of the molecule is CCN1CCN(c2ccnc(N)c2)CC1C. The molecule has 0 aromatic carbocycles. The number of likely N-dealkylation sites (N-methyl/N-ethyl adjacent to an activating group) is 1. The van der Waals surface area contributed by atoms with Crippen LogP contribution in [-0.2, 0) is 0 Å². The van der Waals surface area contributed by atoms with Crippen molar-refractivity contribution in [2.24, 2.45) is 0 Å². The van der Waals surface area contributed by atoms with Crippen LogP contribution in [-0.4, -0.2) is 42.1 Å². The third-order valence-electron chi connectivity index (χ3n) is 3.30. The fraction of sp³-hybridized carbons (Fsp3) is 0.583. The fourth-order valence-corrected chi connectivity index (χ4v) is 2.33. The van der Waals surface area contributed by atoms with Crippen molar-refractivity contribution in [2.75, 3.05) is 36.8 Å². The Morgan fingerprint density at radius 2 is 2.31 bits per heavy atom. The van der Waals surface area contributed by atoms with Gasteiger partial charge in [0.05, 0.1) is 0 Å². The monoisotopic (exact) mass is 220 g/mol. The summed E-state index contributed by atoms with van der Waals surface area (Å²) >= 11 is 0. The third kappa shape index (κ3) is 2.27. The predicted molar refractivity (Wildman–Crippen MR) is 67.6 cm³/mol. The van der Waals surface area contributed by atoms with Gasteiger partial charge in [-0.2, -0.15) is 0 Å². The van der Waals surface area contributed by atoms with Gasteiger partial charge in [0.1, 0.15) is 5.82 Å². The van der Waals surface area contributed by atoms with Gasteiger partial charge in [0.2, 0.25) is 0 Å². The van der Waals surface area contributed by atoms with Gasteiger partial charge in [-0.1, -0.05) is 6.92 Å². The average molecular weight is 220 g/mol. The minimum atomic E-state index is 0.600. The maximum Gasteiger partial charge on any atom is 0.125 e. The molecule has 88 valence electrons. The topological polar surface area (TPSA) is 45.4 Å². The molecule has 2 heterocycles. The molecule has 1 unspecified atom stereocenters. The molecule has 1 fully saturated rings. The van der Waals surface area contributed by atoms with Crippen molar-refractivity contribution >= 4 is 11.5 Å². The molecule has 1 atom stereocenters. The van der Waals surface area contributed by atoms with Gasteiger partial charge < -0.3 is 10.6 Å². The highest BCUT2D eigenvalue weighted by molar-refractivity contribution is 5.52. The number of anilines is 2. The molecule has 4 nitrogen and oxygen atoms in total. The smallest absolute Gasteiger partial charge is 0.125 e. The van der Waals surface area contributed by atoms with Gasteiger partial charge in [0.25, 0.3) is 0 Å². The van der Waals surface area contributed by atoms with Crippen LogP contribution in [0.25, 0.3) is 0 Å². The summed E-state index contributed by atoms with van der Waals surface area (Å²) in [6.07, 6.45) is 1.78. The average Bonchev–Trinajstić information content (AvgIpc) is 2.29. The van der Waals surface area contributed by atoms with Gasteiger partial charge in [-0.25, -0.2) is 4.98 Å². The van der Waals surface area contributed by atoms with Crippen molar-refractivity contribution < 1.29 is 0 Å². The molecule has 16 heavy (non-hydrogen) atoms. The lowest BCUT2D eigenvalue weighted by molar-refractivity contribution is 0.199. The van der Waals surface area contributed by atoms with E-state index in [4.69, 9.17) is 5.73 Å². The molecule has 0 amide bonds. The van der Waals surface area contributed by atoms with Crippen LogP contribution in [0.5, 0.6) is 0 Å². The lowest BCUT2D eigenvalue weighted by Crippen LogP contribution is -2.51. The number of hydrogen-bond donors (Lipinski definition) is 1. The van der Waals surface area contributed by atoms with E-state index in [1.807, 2.05) is 12.1 Å². The molecule has 1 aliphatic heterocycles. The Kier molecular flexibility index (Phi) is 3.29. The van der Waals surface area contributed by atoms with Crippen LogP contribution in [0.2, 0.25) is 0 Å². The number of nitrogens with two attached hydrogens (primary N) is 1. The van der Waals surface area contributed by atoms with Gasteiger partial charge in [-0.3, -0.25) is 4.90 Å². The number of rotatable bonds is 2. The molecule has 1 saturated heterocycles. The molecule has 0 bridgehead atoms. The Bertz CT molecular complexity index is 353. The normalized spacial score (nSPS) is 22.4. The number of nitrogen functional groups attached to an aromatic ring is 1. The molecule has 1 aliphatic rings. The standard InChI is InChI=1S/C12H20N4/c1-3-15-6-7-16(9-10(15)2)11-4-5-14-12(13)8-11/h4-5,8,10H,3,6-7,9H2,1-2H3,(H2,13,14). The Balaban J connectivity index is 2.07. The van der Waals surface area contributed by atoms with E-state index in [1.54, 1.807) is 6.20 Å². The second-order valence-corrected chi connectivity index (χ2v) is 4.36. The summed E-state index contributed by atoms with van der Waals surface area (Å²) in [7, 11) is 0. The largest absolute Gasteiger partial charge is 0.384 e. The maximum atomic E-state index is 5.71. The van der Waals surface area contributed by atoms with Crippen molar-refractivity contribution in [3.8, 4) is 0 Å². The van der Waals surface area contributed by atoms with E-state index in [0.29, 0.717) is 11.9 Å². The molecule has 0 spiro atoms. The zero-order chi connectivity index (χ0) is 11.5. The number of nitrogens with zero attached hydrogens (tertiary/aromatic N) is 3. The molecule has 0 saturated carbocycles. The van der Waals surface area contributed by atoms with Gasteiger partial charge in [-0.05, 0) is 19.5 Å². The highest BCUT2D eigenvalue weighted by Gasteiger charge is 2.22. The molecule has 1 aromatic heterocycles. The lowest BCUT2D eigenvalue weighted by Gasteiger charge is -2.40. The molecule has 2 N–H and O–H groups in total. The van der Waals surface area contributed by atoms with Gasteiger partial charge in [0.15, 0.2) is 0 Å². The fourth-order valence-electron chi connectivity index (χ4n) is 2.33. The van der Waals surface area contributed by atoms with E-state index in [1.165, 1.54) is 5.69 Å². The van der Waals surface area contributed by atoms with Crippen LogP contribution in [0.3, 0.4) is 0 Å². The Morgan fingerprint density at radius 3 is 2.94 bits per heavy atom. The van der Waals surface area contributed by atoms with E-state index in [9.17, 15) is 0 Å². The first-order chi connectivity index (χ1) is 7.70. The van der Waals surface area contributed by atoms with Crippen molar-refractivity contribution in [1.82, 2.24) is 9.88 Å². The number of hydrogen-bond acceptors (Lipinski definition) is 4. The molecule has 1 aromatic rings. The summed E-state index contributed by atoms with van der Waals surface area (Å²) in [6, 6.07) is 4.59. The van der Waals surface area contributed by atoms with E-state index in [-0.39, 0.29) is 0 Å². The number of piperazine rings is 1. The summed E-state index contributed by atoms with van der Waals surface area (Å²) in [5, 5.41) is 0. The second-order valence-electron chi connectivity index (χ2n) is 4.36. The van der Waals surface area contributed by atoms with Crippen LogP contribution in [0.1, 0.15) is 13.8 Å². The van der Waals surface area contributed by atoms with E-state index >= 15 is 0 Å². The second kappa shape index (κ2) is 4.70. The van der Waals surface area contributed by atoms with Crippen LogP contribution in [0, 0.1) is 0 Å². The summed E-state index contributed by atoms with van der Waals surface area (Å²) in [4.78, 5) is 8.91. The Labute approximate surface area is 97.1 Å². The minimum Gasteiger partial charge on any atom is -0.384 e. The Morgan fingerprint density at radius 1 is 1.50 bits per heavy atom. The van der Waals surface area contributed by atoms with Crippen LogP contribution in [0.4, 0.5) is 11.5 Å². The summed E-state index contributed by atoms with van der Waals surface area (Å²) in [5.74, 6) is 0.600. The van der Waals surface area contributed by atoms with Gasteiger partial charge in [0, 0.05) is 43.6 Å². The quantitative estimate of drug-likeness (QED) is 0.813. The summed E-state index contributed by atoms with van der Waals surface area (Å²) in [6.45, 7) is 8.89. The molecule has 0 aliphatic carbocycles. The number of pyridine rings is 1. The first-order valence-electron chi connectivity index (χ1n) is 5.91. The molecular weight excluding hydrogens is 200 g/mol. The summed E-state index contributed by atoms with van der Waals surface area (Å²) in [5.41, 5.74) is 6.90. The molecular formula is C12H20N4.